The number of amides is 3. The molecule has 0 aliphatic heterocycles. The zero-order valence-electron chi connectivity index (χ0n) is 10.3. The third kappa shape index (κ3) is 4.96. The van der Waals surface area contributed by atoms with Crippen LogP contribution < -0.4 is 11.1 Å². The second-order valence-electron chi connectivity index (χ2n) is 3.85. The normalized spacial score (nSPS) is 11.7. The van der Waals surface area contributed by atoms with Crippen molar-refractivity contribution in [1.29, 1.82) is 0 Å². The largest absolute Gasteiger partial charge is 0.441 e. The summed E-state index contributed by atoms with van der Waals surface area (Å²) in [5.74, 6) is 0. The van der Waals surface area contributed by atoms with Gasteiger partial charge in [-0.3, -0.25) is 0 Å². The molecule has 7 heteroatoms. The van der Waals surface area contributed by atoms with Crippen LogP contribution in [0.4, 0.5) is 9.59 Å². The Bertz CT molecular complexity index is 480. The molecule has 1 aromatic rings. The number of carbonyl (C=O) groups excluding carboxylic acids is 2. The Morgan fingerprint density at radius 3 is 2.58 bits per heavy atom. The number of primary amides is 1. The maximum absolute atomic E-state index is 11.4. The Balaban J connectivity index is 2.84. The lowest BCUT2D eigenvalue weighted by molar-refractivity contribution is 0.0943. The molecule has 5 nitrogen and oxygen atoms in total. The summed E-state index contributed by atoms with van der Waals surface area (Å²) < 4.78 is 5.13. The van der Waals surface area contributed by atoms with Gasteiger partial charge >= 0.3 is 12.1 Å². The van der Waals surface area contributed by atoms with Gasteiger partial charge in [0.05, 0.1) is 10.0 Å². The number of rotatable bonds is 4. The van der Waals surface area contributed by atoms with Crippen molar-refractivity contribution >= 4 is 35.3 Å². The van der Waals surface area contributed by atoms with Crippen LogP contribution in [0.5, 0.6) is 0 Å². The molecule has 0 bridgehead atoms. The molecule has 1 atom stereocenters. The summed E-state index contributed by atoms with van der Waals surface area (Å²) in [6.07, 6.45) is -0.0324. The molecule has 0 aromatic heterocycles. The first kappa shape index (κ1) is 15.6. The van der Waals surface area contributed by atoms with E-state index in [1.54, 1.807) is 18.2 Å². The molecule has 1 rings (SSSR count). The number of halogens is 2. The SMILES string of the molecule is CCCC(OC(=O)NC(N)=O)c1ccc(Cl)c(Cl)c1. The average molecular weight is 305 g/mol. The van der Waals surface area contributed by atoms with Gasteiger partial charge in [-0.2, -0.15) is 0 Å². The van der Waals surface area contributed by atoms with Crippen molar-refractivity contribution in [2.75, 3.05) is 0 Å². The van der Waals surface area contributed by atoms with Crippen LogP contribution >= 0.6 is 23.2 Å². The van der Waals surface area contributed by atoms with Crippen LogP contribution in [0.25, 0.3) is 0 Å². The molecular weight excluding hydrogens is 291 g/mol. The third-order valence-electron chi connectivity index (χ3n) is 2.34. The van der Waals surface area contributed by atoms with Gasteiger partial charge in [0.2, 0.25) is 0 Å². The first-order valence-corrected chi connectivity index (χ1v) is 6.41. The minimum atomic E-state index is -0.964. The van der Waals surface area contributed by atoms with Crippen molar-refractivity contribution in [2.45, 2.75) is 25.9 Å². The summed E-state index contributed by atoms with van der Waals surface area (Å²) in [5.41, 5.74) is 5.54. The number of ether oxygens (including phenoxy) is 1. The molecule has 1 unspecified atom stereocenters. The van der Waals surface area contributed by atoms with E-state index in [1.807, 2.05) is 12.2 Å². The van der Waals surface area contributed by atoms with Crippen molar-refractivity contribution in [3.8, 4) is 0 Å². The van der Waals surface area contributed by atoms with Crippen LogP contribution in [0.15, 0.2) is 18.2 Å². The summed E-state index contributed by atoms with van der Waals surface area (Å²) in [6.45, 7) is 1.94. The van der Waals surface area contributed by atoms with E-state index in [0.29, 0.717) is 22.0 Å². The maximum atomic E-state index is 11.4. The summed E-state index contributed by atoms with van der Waals surface area (Å²) in [5, 5.41) is 2.64. The van der Waals surface area contributed by atoms with Gasteiger partial charge in [-0.05, 0) is 24.1 Å². The fourth-order valence-electron chi connectivity index (χ4n) is 1.53. The highest BCUT2D eigenvalue weighted by Gasteiger charge is 2.17. The molecule has 0 fully saturated rings. The van der Waals surface area contributed by atoms with Gasteiger partial charge < -0.3 is 10.5 Å². The van der Waals surface area contributed by atoms with Crippen molar-refractivity contribution in [2.24, 2.45) is 5.73 Å². The molecule has 0 heterocycles. The molecule has 0 aliphatic rings. The van der Waals surface area contributed by atoms with Gasteiger partial charge in [-0.1, -0.05) is 42.6 Å². The standard InChI is InChI=1S/C12H14Cl2N2O3/c1-2-3-10(19-12(18)16-11(15)17)7-4-5-8(13)9(14)6-7/h4-6,10H,2-3H2,1H3,(H3,15,16,17,18). The fourth-order valence-corrected chi connectivity index (χ4v) is 1.83. The first-order valence-electron chi connectivity index (χ1n) is 5.66. The monoisotopic (exact) mass is 304 g/mol. The van der Waals surface area contributed by atoms with Crippen LogP contribution in [0.3, 0.4) is 0 Å². The van der Waals surface area contributed by atoms with Gasteiger partial charge in [0, 0.05) is 0 Å². The molecule has 3 N–H and O–H groups in total. The van der Waals surface area contributed by atoms with Crippen LogP contribution in [0.2, 0.25) is 10.0 Å². The molecule has 0 saturated carbocycles. The number of alkyl carbamates (subject to hydrolysis) is 1. The van der Waals surface area contributed by atoms with Crippen LogP contribution in [-0.4, -0.2) is 12.1 Å². The average Bonchev–Trinajstić information content (AvgIpc) is 2.31. The lowest BCUT2D eigenvalue weighted by Crippen LogP contribution is -2.36. The van der Waals surface area contributed by atoms with Crippen molar-refractivity contribution in [3.63, 3.8) is 0 Å². The molecule has 0 spiro atoms. The number of urea groups is 1. The van der Waals surface area contributed by atoms with Gasteiger partial charge in [-0.25, -0.2) is 14.9 Å². The number of imide groups is 1. The number of carbonyl (C=O) groups is 2. The Hall–Kier alpha value is -1.46. The molecule has 3 amide bonds. The van der Waals surface area contributed by atoms with E-state index < -0.39 is 18.2 Å². The van der Waals surface area contributed by atoms with Gasteiger partial charge in [0.25, 0.3) is 0 Å². The number of hydrogen-bond donors (Lipinski definition) is 2. The fraction of sp³-hybridized carbons (Fsp3) is 0.333. The third-order valence-corrected chi connectivity index (χ3v) is 3.08. The Labute approximate surface area is 121 Å². The van der Waals surface area contributed by atoms with Gasteiger partial charge in [0.15, 0.2) is 0 Å². The maximum Gasteiger partial charge on any atom is 0.415 e. The van der Waals surface area contributed by atoms with Crippen molar-refractivity contribution < 1.29 is 14.3 Å². The summed E-state index contributed by atoms with van der Waals surface area (Å²) in [6, 6.07) is 4.00. The van der Waals surface area contributed by atoms with Gasteiger partial charge in [0.1, 0.15) is 6.10 Å². The highest BCUT2D eigenvalue weighted by Crippen LogP contribution is 2.29. The van der Waals surface area contributed by atoms with Crippen LogP contribution in [-0.2, 0) is 4.74 Å². The van der Waals surface area contributed by atoms with E-state index in [0.717, 1.165) is 6.42 Å². The van der Waals surface area contributed by atoms with E-state index in [4.69, 9.17) is 33.7 Å². The Morgan fingerprint density at radius 2 is 2.05 bits per heavy atom. The second-order valence-corrected chi connectivity index (χ2v) is 4.66. The molecule has 0 saturated heterocycles. The smallest absolute Gasteiger partial charge is 0.415 e. The van der Waals surface area contributed by atoms with E-state index in [2.05, 4.69) is 0 Å². The highest BCUT2D eigenvalue weighted by molar-refractivity contribution is 6.42. The molecule has 0 aliphatic carbocycles. The minimum absolute atomic E-state index is 0.374. The summed E-state index contributed by atoms with van der Waals surface area (Å²) in [7, 11) is 0. The molecule has 1 aromatic carbocycles. The van der Waals surface area contributed by atoms with E-state index in [-0.39, 0.29) is 0 Å². The number of hydrogen-bond acceptors (Lipinski definition) is 3. The number of nitrogens with two attached hydrogens (primary N) is 1. The molecular formula is C12H14Cl2N2O3. The number of benzene rings is 1. The van der Waals surface area contributed by atoms with E-state index in [1.165, 1.54) is 0 Å². The lowest BCUT2D eigenvalue weighted by Gasteiger charge is -2.17. The predicted octanol–water partition coefficient (Wildman–Crippen LogP) is 3.64. The van der Waals surface area contributed by atoms with E-state index in [9.17, 15) is 9.59 Å². The van der Waals surface area contributed by atoms with E-state index >= 15 is 0 Å². The minimum Gasteiger partial charge on any atom is -0.441 e. The molecule has 104 valence electrons. The zero-order valence-corrected chi connectivity index (χ0v) is 11.8. The quantitative estimate of drug-likeness (QED) is 0.891. The Kier molecular flexibility index (Phi) is 5.92. The second kappa shape index (κ2) is 7.21. The zero-order chi connectivity index (χ0) is 14.4. The topological polar surface area (TPSA) is 81.4 Å². The van der Waals surface area contributed by atoms with Gasteiger partial charge in [-0.15, -0.1) is 0 Å². The summed E-state index contributed by atoms with van der Waals surface area (Å²) >= 11 is 11.7. The van der Waals surface area contributed by atoms with Crippen LogP contribution in [0, 0.1) is 0 Å². The molecule has 0 radical (unpaired) electrons. The summed E-state index contributed by atoms with van der Waals surface area (Å²) in [4.78, 5) is 21.9. The van der Waals surface area contributed by atoms with Crippen molar-refractivity contribution in [1.82, 2.24) is 5.32 Å². The predicted molar refractivity (Wildman–Crippen MR) is 73.3 cm³/mol. The number of nitrogens with one attached hydrogen (secondary N) is 1. The lowest BCUT2D eigenvalue weighted by atomic mass is 10.1. The van der Waals surface area contributed by atoms with Crippen LogP contribution in [0.1, 0.15) is 31.4 Å². The first-order chi connectivity index (χ1) is 8.93. The van der Waals surface area contributed by atoms with Crippen molar-refractivity contribution in [3.05, 3.63) is 33.8 Å². The molecule has 19 heavy (non-hydrogen) atoms. The Morgan fingerprint density at radius 1 is 1.37 bits per heavy atom. The highest BCUT2D eigenvalue weighted by atomic mass is 35.5.